The Bertz CT molecular complexity index is 1990. The highest BCUT2D eigenvalue weighted by Crippen LogP contribution is 2.55. The number of phenolic OH excluding ortho intramolecular Hbond substituents is 3. The zero-order valence-electron chi connectivity index (χ0n) is 34.6. The lowest BCUT2D eigenvalue weighted by Gasteiger charge is -2.38. The van der Waals surface area contributed by atoms with E-state index in [1.54, 1.807) is 39.8 Å². The minimum absolute atomic E-state index is 0.0252. The van der Waals surface area contributed by atoms with Crippen LogP contribution in [0.25, 0.3) is 10.8 Å². The van der Waals surface area contributed by atoms with Crippen LogP contribution >= 0.6 is 0 Å². The van der Waals surface area contributed by atoms with E-state index in [1.165, 1.54) is 53.2 Å². The van der Waals surface area contributed by atoms with Crippen molar-refractivity contribution in [3.8, 4) is 23.0 Å². The summed E-state index contributed by atoms with van der Waals surface area (Å²) in [5.41, 5.74) is -0.688. The van der Waals surface area contributed by atoms with Gasteiger partial charge in [0, 0.05) is 67.8 Å². The lowest BCUT2D eigenvalue weighted by Crippen LogP contribution is -2.46. The first-order valence-electron chi connectivity index (χ1n) is 19.1. The molecule has 0 radical (unpaired) electrons. The molecule has 0 aromatic heterocycles. The molecule has 0 spiro atoms. The third kappa shape index (κ3) is 9.25. The number of nitrogens with one attached hydrogen (secondary N) is 1. The minimum atomic E-state index is -2.07. The molecular formula is C42H56N2O14. The summed E-state index contributed by atoms with van der Waals surface area (Å²) in [6.45, 7) is 14.9. The highest BCUT2D eigenvalue weighted by molar-refractivity contribution is 6.23. The predicted molar refractivity (Wildman–Crippen MR) is 214 cm³/mol. The molecule has 6 N–H and O–H groups in total. The second kappa shape index (κ2) is 19.1. The summed E-state index contributed by atoms with van der Waals surface area (Å²) in [6, 6.07) is 0. The third-order valence-electron chi connectivity index (χ3n) is 10.8. The van der Waals surface area contributed by atoms with Crippen molar-refractivity contribution in [3.05, 3.63) is 52.8 Å². The van der Waals surface area contributed by atoms with Crippen molar-refractivity contribution in [2.75, 3.05) is 32.2 Å². The highest BCUT2D eigenvalue weighted by Gasteiger charge is 2.50. The lowest BCUT2D eigenvalue weighted by molar-refractivity contribution is -0.160. The van der Waals surface area contributed by atoms with Crippen LogP contribution in [0.5, 0.6) is 23.0 Å². The molecule has 0 aliphatic carbocycles. The van der Waals surface area contributed by atoms with E-state index in [4.69, 9.17) is 28.5 Å². The van der Waals surface area contributed by atoms with Crippen molar-refractivity contribution in [1.82, 2.24) is 0 Å². The summed E-state index contributed by atoms with van der Waals surface area (Å²) < 4.78 is 28.7. The first-order valence-corrected chi connectivity index (χ1v) is 19.1. The van der Waals surface area contributed by atoms with Gasteiger partial charge in [0.05, 0.1) is 59.6 Å². The lowest BCUT2D eigenvalue weighted by atomic mass is 9.78. The summed E-state index contributed by atoms with van der Waals surface area (Å²) in [5, 5.41) is 63.7. The number of aliphatic hydroxyl groups excluding tert-OH is 2. The van der Waals surface area contributed by atoms with Gasteiger partial charge < -0.3 is 59.4 Å². The molecule has 0 fully saturated rings. The Labute approximate surface area is 337 Å². The van der Waals surface area contributed by atoms with Crippen LogP contribution in [0.4, 0.5) is 5.69 Å². The Morgan fingerprint density at radius 2 is 1.66 bits per heavy atom. The highest BCUT2D eigenvalue weighted by atomic mass is 16.7. The maximum absolute atomic E-state index is 14.3. The van der Waals surface area contributed by atoms with E-state index >= 15 is 0 Å². The Hall–Kier alpha value is -5.16. The van der Waals surface area contributed by atoms with Gasteiger partial charge >= 0.3 is 11.8 Å². The molecule has 1 amide bonds. The molecular weight excluding hydrogens is 756 g/mol. The van der Waals surface area contributed by atoms with E-state index in [2.05, 4.69) is 10.5 Å². The number of oxime groups is 1. The number of aliphatic hydroxyl groups is 2. The normalized spacial score (nSPS) is 30.4. The van der Waals surface area contributed by atoms with Gasteiger partial charge in [-0.05, 0) is 26.8 Å². The molecule has 9 unspecified atom stereocenters. The molecule has 9 atom stereocenters. The number of Topliss-reactive ketones (excluding diaryl/α,β-unsaturated/α-hetero) is 1. The summed E-state index contributed by atoms with van der Waals surface area (Å²) in [7, 11) is 1.42. The monoisotopic (exact) mass is 812 g/mol. The van der Waals surface area contributed by atoms with Crippen molar-refractivity contribution in [2.24, 2.45) is 28.8 Å². The van der Waals surface area contributed by atoms with Gasteiger partial charge in [-0.15, -0.1) is 0 Å². The number of hydrogen-bond donors (Lipinski definition) is 6. The molecule has 5 rings (SSSR count). The van der Waals surface area contributed by atoms with Gasteiger partial charge in [0.2, 0.25) is 0 Å². The minimum Gasteiger partial charge on any atom is -0.507 e. The Morgan fingerprint density at radius 3 is 2.29 bits per heavy atom. The van der Waals surface area contributed by atoms with Gasteiger partial charge in [-0.3, -0.25) is 14.4 Å². The van der Waals surface area contributed by atoms with Crippen LogP contribution in [0.2, 0.25) is 0 Å². The second-order valence-electron chi connectivity index (χ2n) is 14.9. The number of phenols is 3. The topological polar surface area (TPSA) is 232 Å². The average Bonchev–Trinajstić information content (AvgIpc) is 3.45. The zero-order valence-corrected chi connectivity index (χ0v) is 34.6. The smallest absolute Gasteiger partial charge is 0.312 e. The van der Waals surface area contributed by atoms with Gasteiger partial charge in [0.15, 0.2) is 5.75 Å². The number of amides is 1. The first kappa shape index (κ1) is 45.5. The van der Waals surface area contributed by atoms with E-state index in [1.807, 2.05) is 6.92 Å². The van der Waals surface area contributed by atoms with Crippen LogP contribution in [0.3, 0.4) is 0 Å². The molecule has 3 heterocycles. The van der Waals surface area contributed by atoms with Crippen LogP contribution < -0.4 is 10.1 Å². The second-order valence-corrected chi connectivity index (χ2v) is 14.9. The third-order valence-corrected chi connectivity index (χ3v) is 10.8. The number of methoxy groups -OCH3 is 1. The summed E-state index contributed by atoms with van der Waals surface area (Å²) in [4.78, 5) is 45.5. The number of carbonyl (C=O) groups excluding carboxylic acids is 3. The number of ketones is 1. The van der Waals surface area contributed by atoms with Crippen molar-refractivity contribution in [1.29, 1.82) is 0 Å². The molecule has 2 aromatic carbocycles. The van der Waals surface area contributed by atoms with Crippen LogP contribution in [-0.4, -0.2) is 107 Å². The van der Waals surface area contributed by atoms with Crippen LogP contribution in [-0.2, 0) is 33.4 Å². The standard InChI is InChI=1S/C42H56N2O14/c1-11-54-17-18-56-43-19-27-32-37(50)30-29(36(27)49)31-39(25(7)35(30)48)58-42(9,40(31)51)55-16-15-28(53-10)22(4)38(57-26(8)45)24(6)34(47)23(5)33(46)20(2)13-12-14-21(3)41(52)44-32/h12-16,19-20,22-24,28,33-34,38,46-50H,11,17-18H2,1-10H3,(H,44,52)/b13-12+,16-15+,21-14+,43-19-. The Kier molecular flexibility index (Phi) is 15.0. The van der Waals surface area contributed by atoms with Crippen molar-refractivity contribution < 1.29 is 68.4 Å². The summed E-state index contributed by atoms with van der Waals surface area (Å²) in [6.07, 6.45) is 4.43. The SMILES string of the molecule is CCOCCO/N=C\c1c2c(O)c3c(O)c(C)c4c(c3c1O)C(=O)C(C)(O/C=C/C(OC)C(C)C(OC(C)=O)C(C)C(O)C(C)C(O)C(C)/C=C/C=C(\C)C(=O)N2)O4. The van der Waals surface area contributed by atoms with Gasteiger partial charge in [0.1, 0.15) is 30.0 Å². The fraction of sp³-hybridized carbons (Fsp3) is 0.524. The molecule has 318 valence electrons. The Morgan fingerprint density at radius 1 is 0.966 bits per heavy atom. The van der Waals surface area contributed by atoms with Crippen LogP contribution in [0, 0.1) is 30.6 Å². The van der Waals surface area contributed by atoms with Crippen molar-refractivity contribution >= 4 is 40.3 Å². The summed E-state index contributed by atoms with van der Waals surface area (Å²) >= 11 is 0. The number of fused-ring (bicyclic) bond motifs is 14. The van der Waals surface area contributed by atoms with Gasteiger partial charge in [0.25, 0.3) is 11.7 Å². The maximum atomic E-state index is 14.3. The number of anilines is 1. The van der Waals surface area contributed by atoms with E-state index < -0.39 is 88.8 Å². The number of rotatable bonds is 8. The number of hydrogen-bond acceptors (Lipinski definition) is 15. The van der Waals surface area contributed by atoms with E-state index in [0.29, 0.717) is 6.61 Å². The first-order chi connectivity index (χ1) is 27.3. The van der Waals surface area contributed by atoms with E-state index in [0.717, 1.165) is 6.21 Å². The van der Waals surface area contributed by atoms with Crippen LogP contribution in [0.1, 0.15) is 76.9 Å². The molecule has 5 bridgehead atoms. The quantitative estimate of drug-likeness (QED) is 0.0506. The number of carbonyl (C=O) groups is 3. The van der Waals surface area contributed by atoms with Gasteiger partial charge in [-0.1, -0.05) is 51.1 Å². The number of ether oxygens (including phenoxy) is 5. The molecule has 16 heteroatoms. The average molecular weight is 813 g/mol. The molecule has 2 aromatic rings. The fourth-order valence-electron chi connectivity index (χ4n) is 7.26. The van der Waals surface area contributed by atoms with Crippen molar-refractivity contribution in [3.63, 3.8) is 0 Å². The molecule has 0 saturated heterocycles. The Balaban J connectivity index is 1.95. The summed E-state index contributed by atoms with van der Waals surface area (Å²) in [5.74, 6) is -8.74. The molecule has 58 heavy (non-hydrogen) atoms. The molecule has 3 aliphatic rings. The number of allylic oxidation sites excluding steroid dienone is 2. The van der Waals surface area contributed by atoms with E-state index in [9.17, 15) is 39.9 Å². The van der Waals surface area contributed by atoms with Crippen LogP contribution in [0.15, 0.2) is 41.3 Å². The largest absolute Gasteiger partial charge is 0.507 e. The van der Waals surface area contributed by atoms with Gasteiger partial charge in [-0.25, -0.2) is 0 Å². The fourth-order valence-corrected chi connectivity index (χ4v) is 7.26. The molecule has 3 aliphatic heterocycles. The molecule has 0 saturated carbocycles. The van der Waals surface area contributed by atoms with Crippen molar-refractivity contribution in [2.45, 2.75) is 92.5 Å². The number of benzene rings is 2. The van der Waals surface area contributed by atoms with Gasteiger partial charge in [-0.2, -0.15) is 0 Å². The molecule has 16 nitrogen and oxygen atoms in total. The maximum Gasteiger partial charge on any atom is 0.312 e. The zero-order chi connectivity index (χ0) is 43.2. The number of esters is 1. The van der Waals surface area contributed by atoms with E-state index in [-0.39, 0.29) is 57.7 Å². The predicted octanol–water partition coefficient (Wildman–Crippen LogP) is 5.14. The number of aromatic hydroxyl groups is 3. The number of nitrogens with zero attached hydrogens (tertiary/aromatic N) is 1.